The lowest BCUT2D eigenvalue weighted by molar-refractivity contribution is 0.484. The van der Waals surface area contributed by atoms with Crippen LogP contribution in [0, 0.1) is 12.7 Å². The monoisotopic (exact) mass is 440 g/mol. The van der Waals surface area contributed by atoms with Crippen LogP contribution in [0.15, 0.2) is 71.8 Å². The molecule has 7 N–H and O–H groups in total. The van der Waals surface area contributed by atoms with E-state index in [4.69, 9.17) is 21.8 Å². The highest BCUT2D eigenvalue weighted by Gasteiger charge is 2.16. The Bertz CT molecular complexity index is 1360. The summed E-state index contributed by atoms with van der Waals surface area (Å²) >= 11 is 0. The third-order valence-electron chi connectivity index (χ3n) is 4.61. The van der Waals surface area contributed by atoms with Crippen molar-refractivity contribution in [1.82, 2.24) is 4.98 Å². The molecule has 0 saturated heterocycles. The third kappa shape index (κ3) is 4.90. The Hall–Kier alpha value is -3.69. The number of anilines is 3. The molecule has 4 aromatic rings. The maximum atomic E-state index is 12.9. The fourth-order valence-corrected chi connectivity index (χ4v) is 3.81. The highest BCUT2D eigenvalue weighted by atomic mass is 32.2. The van der Waals surface area contributed by atoms with E-state index in [1.165, 1.54) is 12.1 Å². The lowest BCUT2D eigenvalue weighted by atomic mass is 10.1. The van der Waals surface area contributed by atoms with Crippen LogP contribution in [0.25, 0.3) is 22.0 Å². The number of pyridine rings is 1. The molecule has 0 spiro atoms. The maximum Gasteiger partial charge on any atom is 0.295 e. The molecular formula is C22H21FN4O3S. The van der Waals surface area contributed by atoms with Crippen LogP contribution in [0.3, 0.4) is 0 Å². The van der Waals surface area contributed by atoms with Crippen LogP contribution in [-0.2, 0) is 10.1 Å². The summed E-state index contributed by atoms with van der Waals surface area (Å²) in [5.74, 6) is -0.230. The third-order valence-corrected chi connectivity index (χ3v) is 5.50. The fraction of sp³-hybridized carbons (Fsp3) is 0.0455. The largest absolute Gasteiger partial charge is 0.397 e. The van der Waals surface area contributed by atoms with E-state index in [9.17, 15) is 12.8 Å². The first-order chi connectivity index (χ1) is 14.6. The summed E-state index contributed by atoms with van der Waals surface area (Å²) in [6.45, 7) is 1.86. The first-order valence-electron chi connectivity index (χ1n) is 9.10. The normalized spacial score (nSPS) is 11.1. The number of nitrogens with zero attached hydrogens (tertiary/aromatic N) is 1. The number of benzene rings is 3. The molecule has 1 heterocycles. The van der Waals surface area contributed by atoms with Crippen LogP contribution in [0.1, 0.15) is 5.56 Å². The molecular weight excluding hydrogens is 419 g/mol. The van der Waals surface area contributed by atoms with Gasteiger partial charge in [-0.25, -0.2) is 4.39 Å². The van der Waals surface area contributed by atoms with Gasteiger partial charge in [0.05, 0.1) is 29.0 Å². The van der Waals surface area contributed by atoms with Crippen molar-refractivity contribution < 1.29 is 17.4 Å². The Kier molecular flexibility index (Phi) is 6.09. The van der Waals surface area contributed by atoms with Gasteiger partial charge >= 0.3 is 0 Å². The molecule has 0 bridgehead atoms. The van der Waals surface area contributed by atoms with Crippen molar-refractivity contribution >= 4 is 38.0 Å². The van der Waals surface area contributed by atoms with Gasteiger partial charge in [0, 0.05) is 16.3 Å². The molecule has 0 fully saturated rings. The van der Waals surface area contributed by atoms with Crippen molar-refractivity contribution in [3.63, 3.8) is 0 Å². The van der Waals surface area contributed by atoms with Crippen LogP contribution in [0.5, 0.6) is 0 Å². The Morgan fingerprint density at radius 2 is 1.61 bits per heavy atom. The second-order valence-electron chi connectivity index (χ2n) is 6.83. The summed E-state index contributed by atoms with van der Waals surface area (Å²) in [4.78, 5) is 3.96. The molecule has 0 saturated carbocycles. The Morgan fingerprint density at radius 1 is 0.935 bits per heavy atom. The number of fused-ring (bicyclic) bond motifs is 1. The van der Waals surface area contributed by atoms with Crippen molar-refractivity contribution in [1.29, 1.82) is 0 Å². The standard InChI is InChI=1S/C12H11FN2.C10H10N2O3S/c1-8-6-9(13)2-4-11(8)12-5-3-10(14)7-15-12;11-8-5-9(16(13,14)15)6-3-1-2-4-7(6)10(8)12/h2-7H,14H2,1H3;1-5H,11-12H2,(H,13,14,15). The van der Waals surface area contributed by atoms with Crippen molar-refractivity contribution in [2.24, 2.45) is 0 Å². The molecule has 0 atom stereocenters. The molecule has 4 rings (SSSR count). The van der Waals surface area contributed by atoms with E-state index in [2.05, 4.69) is 4.98 Å². The maximum absolute atomic E-state index is 12.9. The average molecular weight is 441 g/mol. The molecule has 160 valence electrons. The minimum absolute atomic E-state index is 0.131. The van der Waals surface area contributed by atoms with Gasteiger partial charge in [-0.2, -0.15) is 8.42 Å². The summed E-state index contributed by atoms with van der Waals surface area (Å²) in [5.41, 5.74) is 20.5. The van der Waals surface area contributed by atoms with Crippen LogP contribution in [0.2, 0.25) is 0 Å². The fourth-order valence-electron chi connectivity index (χ4n) is 3.08. The summed E-state index contributed by atoms with van der Waals surface area (Å²) in [6.07, 6.45) is 1.60. The van der Waals surface area contributed by atoms with E-state index in [0.717, 1.165) is 22.9 Å². The van der Waals surface area contributed by atoms with Gasteiger partial charge in [0.15, 0.2) is 0 Å². The molecule has 0 aliphatic heterocycles. The van der Waals surface area contributed by atoms with Crippen LogP contribution < -0.4 is 17.2 Å². The van der Waals surface area contributed by atoms with Gasteiger partial charge in [-0.1, -0.05) is 24.3 Å². The highest BCUT2D eigenvalue weighted by molar-refractivity contribution is 7.86. The molecule has 9 heteroatoms. The van der Waals surface area contributed by atoms with Gasteiger partial charge in [0.2, 0.25) is 0 Å². The molecule has 0 unspecified atom stereocenters. The molecule has 1 aromatic heterocycles. The topological polar surface area (TPSA) is 145 Å². The number of nitrogens with two attached hydrogens (primary N) is 3. The first kappa shape index (κ1) is 22.0. The number of hydrogen-bond acceptors (Lipinski definition) is 6. The smallest absolute Gasteiger partial charge is 0.295 e. The van der Waals surface area contributed by atoms with Gasteiger partial charge in [-0.15, -0.1) is 0 Å². The predicted molar refractivity (Wildman–Crippen MR) is 121 cm³/mol. The summed E-state index contributed by atoms with van der Waals surface area (Å²) in [7, 11) is -4.30. The second kappa shape index (κ2) is 8.58. The van der Waals surface area contributed by atoms with Gasteiger partial charge in [-0.05, 0) is 48.9 Å². The zero-order chi connectivity index (χ0) is 22.8. The number of rotatable bonds is 2. The minimum atomic E-state index is -4.30. The molecule has 31 heavy (non-hydrogen) atoms. The molecule has 7 nitrogen and oxygen atoms in total. The lowest BCUT2D eigenvalue weighted by Gasteiger charge is -2.09. The SMILES string of the molecule is Cc1cc(F)ccc1-c1ccc(N)cn1.Nc1cc(S(=O)(=O)O)c2ccccc2c1N. The molecule has 3 aromatic carbocycles. The predicted octanol–water partition coefficient (Wildman–Crippen LogP) is 4.03. The molecule has 0 aliphatic rings. The van der Waals surface area contributed by atoms with Crippen molar-refractivity contribution in [3.05, 3.63) is 78.2 Å². The van der Waals surface area contributed by atoms with Crippen molar-refractivity contribution in [2.75, 3.05) is 17.2 Å². The van der Waals surface area contributed by atoms with Gasteiger partial charge in [0.25, 0.3) is 10.1 Å². The van der Waals surface area contributed by atoms with Crippen molar-refractivity contribution in [3.8, 4) is 11.3 Å². The first-order valence-corrected chi connectivity index (χ1v) is 10.5. The number of aromatic nitrogens is 1. The van der Waals surface area contributed by atoms with E-state index in [0.29, 0.717) is 22.1 Å². The molecule has 0 amide bonds. The average Bonchev–Trinajstić information content (AvgIpc) is 2.71. The van der Waals surface area contributed by atoms with Crippen LogP contribution in [-0.4, -0.2) is 18.0 Å². The van der Waals surface area contributed by atoms with Crippen molar-refractivity contribution in [2.45, 2.75) is 11.8 Å². The number of aryl methyl sites for hydroxylation is 1. The Morgan fingerprint density at radius 3 is 2.19 bits per heavy atom. The quantitative estimate of drug-likeness (QED) is 0.272. The number of hydrogen-bond donors (Lipinski definition) is 4. The van der Waals surface area contributed by atoms with E-state index >= 15 is 0 Å². The Balaban J connectivity index is 0.000000176. The van der Waals surface area contributed by atoms with E-state index in [1.54, 1.807) is 42.6 Å². The molecule has 0 radical (unpaired) electrons. The summed E-state index contributed by atoms with van der Waals surface area (Å²) < 4.78 is 44.3. The van der Waals surface area contributed by atoms with Crippen LogP contribution in [0.4, 0.5) is 21.5 Å². The Labute approximate surface area is 179 Å². The lowest BCUT2D eigenvalue weighted by Crippen LogP contribution is -2.03. The number of nitrogen functional groups attached to an aromatic ring is 3. The number of halogens is 1. The highest BCUT2D eigenvalue weighted by Crippen LogP contribution is 2.32. The van der Waals surface area contributed by atoms with E-state index < -0.39 is 10.1 Å². The minimum Gasteiger partial charge on any atom is -0.397 e. The van der Waals surface area contributed by atoms with Gasteiger partial charge < -0.3 is 17.2 Å². The summed E-state index contributed by atoms with van der Waals surface area (Å²) in [5, 5.41) is 0.867. The van der Waals surface area contributed by atoms with Crippen LogP contribution >= 0.6 is 0 Å². The molecule has 0 aliphatic carbocycles. The van der Waals surface area contributed by atoms with Gasteiger partial charge in [-0.3, -0.25) is 9.54 Å². The zero-order valence-corrected chi connectivity index (χ0v) is 17.4. The van der Waals surface area contributed by atoms with E-state index in [-0.39, 0.29) is 16.4 Å². The van der Waals surface area contributed by atoms with E-state index in [1.807, 2.05) is 13.0 Å². The second-order valence-corrected chi connectivity index (χ2v) is 8.22. The zero-order valence-electron chi connectivity index (χ0n) is 16.6. The van der Waals surface area contributed by atoms with Gasteiger partial charge in [0.1, 0.15) is 10.7 Å². The summed E-state index contributed by atoms with van der Waals surface area (Å²) in [6, 6.07) is 16.0.